The molecule has 2 aromatic heterocycles. The number of ether oxygens (including phenoxy) is 3. The molecule has 35 heavy (non-hydrogen) atoms. The van der Waals surface area contributed by atoms with Crippen LogP contribution in [0.1, 0.15) is 5.56 Å². The van der Waals surface area contributed by atoms with E-state index in [4.69, 9.17) is 18.7 Å². The van der Waals surface area contributed by atoms with Gasteiger partial charge >= 0.3 is 0 Å². The predicted octanol–water partition coefficient (Wildman–Crippen LogP) is 3.84. The number of fused-ring (bicyclic) bond motifs is 2. The number of aliphatic hydroxyl groups is 1. The van der Waals surface area contributed by atoms with E-state index in [9.17, 15) is 5.11 Å². The van der Waals surface area contributed by atoms with Crippen LogP contribution >= 0.6 is 11.3 Å². The zero-order valence-electron chi connectivity index (χ0n) is 19.3. The van der Waals surface area contributed by atoms with Gasteiger partial charge in [-0.05, 0) is 41.3 Å². The highest BCUT2D eigenvalue weighted by Crippen LogP contribution is 2.34. The summed E-state index contributed by atoms with van der Waals surface area (Å²) in [6, 6.07) is 15.8. The molecule has 2 aliphatic rings. The van der Waals surface area contributed by atoms with Crippen molar-refractivity contribution in [1.29, 1.82) is 0 Å². The average Bonchev–Trinajstić information content (AvgIpc) is 3.61. The van der Waals surface area contributed by atoms with Crippen LogP contribution in [0.2, 0.25) is 0 Å². The molecule has 1 atom stereocenters. The molecule has 9 heteroatoms. The van der Waals surface area contributed by atoms with Gasteiger partial charge in [0.1, 0.15) is 28.9 Å². The van der Waals surface area contributed by atoms with Gasteiger partial charge in [0.15, 0.2) is 17.1 Å². The van der Waals surface area contributed by atoms with Gasteiger partial charge in [0.25, 0.3) is 0 Å². The summed E-state index contributed by atoms with van der Waals surface area (Å²) in [4.78, 5) is 4.72. The van der Waals surface area contributed by atoms with E-state index in [0.717, 1.165) is 65.8 Å². The van der Waals surface area contributed by atoms with Crippen molar-refractivity contribution < 1.29 is 23.8 Å². The summed E-state index contributed by atoms with van der Waals surface area (Å²) in [5.41, 5.74) is 3.78. The van der Waals surface area contributed by atoms with E-state index < -0.39 is 6.10 Å². The Labute approximate surface area is 207 Å². The van der Waals surface area contributed by atoms with E-state index in [0.29, 0.717) is 19.1 Å². The second kappa shape index (κ2) is 9.87. The van der Waals surface area contributed by atoms with Crippen molar-refractivity contribution in [1.82, 2.24) is 15.0 Å². The standard InChI is InChI=1S/C26H27N3O5S/c30-20(16-31-21-3-1-2-19(13-21)25-26-23(34-27-25)6-11-35-26)15-29-9-7-28(8-10-29)14-18-4-5-22-24(12-18)33-17-32-22/h1-6,11-13,20,30H,7-10,14-17H2. The van der Waals surface area contributed by atoms with Crippen molar-refractivity contribution in [2.24, 2.45) is 0 Å². The number of aromatic nitrogens is 1. The Bertz CT molecular complexity index is 1300. The van der Waals surface area contributed by atoms with Gasteiger partial charge in [-0.25, -0.2) is 0 Å². The first-order valence-electron chi connectivity index (χ1n) is 11.8. The Hall–Kier alpha value is -3.11. The van der Waals surface area contributed by atoms with Crippen LogP contribution in [0.15, 0.2) is 58.4 Å². The number of piperazine rings is 1. The molecule has 0 spiro atoms. The molecule has 1 fully saturated rings. The minimum Gasteiger partial charge on any atom is -0.491 e. The van der Waals surface area contributed by atoms with E-state index >= 15 is 0 Å². The Kier molecular flexibility index (Phi) is 6.30. The number of hydrogen-bond donors (Lipinski definition) is 1. The van der Waals surface area contributed by atoms with Crippen molar-refractivity contribution in [3.63, 3.8) is 0 Å². The molecule has 2 aromatic carbocycles. The molecule has 1 saturated heterocycles. The highest BCUT2D eigenvalue weighted by Gasteiger charge is 2.21. The van der Waals surface area contributed by atoms with Crippen LogP contribution < -0.4 is 14.2 Å². The number of thiophene rings is 1. The third-order valence-corrected chi connectivity index (χ3v) is 7.31. The maximum atomic E-state index is 10.6. The zero-order valence-corrected chi connectivity index (χ0v) is 20.1. The molecule has 182 valence electrons. The summed E-state index contributed by atoms with van der Waals surface area (Å²) in [5, 5.41) is 16.8. The van der Waals surface area contributed by atoms with Gasteiger partial charge < -0.3 is 23.8 Å². The molecule has 0 radical (unpaired) electrons. The molecule has 8 nitrogen and oxygen atoms in total. The first kappa shape index (κ1) is 22.4. The summed E-state index contributed by atoms with van der Waals surface area (Å²) in [6.45, 7) is 5.77. The Morgan fingerprint density at radius 2 is 1.86 bits per heavy atom. The molecule has 0 bridgehead atoms. The van der Waals surface area contributed by atoms with Crippen molar-refractivity contribution in [2.45, 2.75) is 12.6 Å². The van der Waals surface area contributed by atoms with Crippen LogP contribution in [0.3, 0.4) is 0 Å². The van der Waals surface area contributed by atoms with Gasteiger partial charge in [0, 0.05) is 44.8 Å². The summed E-state index contributed by atoms with van der Waals surface area (Å²) in [7, 11) is 0. The number of aliphatic hydroxyl groups excluding tert-OH is 1. The highest BCUT2D eigenvalue weighted by molar-refractivity contribution is 7.17. The molecular formula is C26H27N3O5S. The van der Waals surface area contributed by atoms with Crippen molar-refractivity contribution in [3.05, 3.63) is 59.5 Å². The molecular weight excluding hydrogens is 466 g/mol. The minimum atomic E-state index is -0.560. The zero-order chi connectivity index (χ0) is 23.6. The van der Waals surface area contributed by atoms with E-state index in [1.807, 2.05) is 41.8 Å². The van der Waals surface area contributed by atoms with Gasteiger partial charge in [0.2, 0.25) is 6.79 Å². The SMILES string of the molecule is OC(COc1cccc(-c2noc3ccsc23)c1)CN1CCN(Cc2ccc3c(c2)OCO3)CC1. The van der Waals surface area contributed by atoms with Crippen LogP contribution in [0.4, 0.5) is 0 Å². The van der Waals surface area contributed by atoms with Gasteiger partial charge in [-0.2, -0.15) is 0 Å². The van der Waals surface area contributed by atoms with Crippen molar-refractivity contribution >= 4 is 21.6 Å². The number of benzene rings is 2. The fourth-order valence-electron chi connectivity index (χ4n) is 4.57. The first-order valence-corrected chi connectivity index (χ1v) is 12.7. The van der Waals surface area contributed by atoms with Crippen LogP contribution in [0, 0.1) is 0 Å². The third-order valence-electron chi connectivity index (χ3n) is 6.41. The number of β-amino-alcohol motifs (C(OH)–C–C–N with tert-alkyl or cyclic N) is 1. The fraction of sp³-hybridized carbons (Fsp3) is 0.346. The molecule has 0 saturated carbocycles. The second-order valence-electron chi connectivity index (χ2n) is 8.90. The normalized spacial score (nSPS) is 17.2. The van der Waals surface area contributed by atoms with Gasteiger partial charge in [-0.1, -0.05) is 23.4 Å². The van der Waals surface area contributed by atoms with Crippen LogP contribution in [-0.2, 0) is 6.54 Å². The summed E-state index contributed by atoms with van der Waals surface area (Å²) >= 11 is 1.61. The smallest absolute Gasteiger partial charge is 0.231 e. The van der Waals surface area contributed by atoms with Gasteiger partial charge in [-0.15, -0.1) is 11.3 Å². The first-order chi connectivity index (χ1) is 17.2. The summed E-state index contributed by atoms with van der Waals surface area (Å²) in [6.07, 6.45) is -0.560. The van der Waals surface area contributed by atoms with Gasteiger partial charge in [-0.3, -0.25) is 9.80 Å². The lowest BCUT2D eigenvalue weighted by Gasteiger charge is -2.35. The molecule has 2 aliphatic heterocycles. The van der Waals surface area contributed by atoms with Crippen molar-refractivity contribution in [3.8, 4) is 28.5 Å². The molecule has 0 amide bonds. The van der Waals surface area contributed by atoms with E-state index in [-0.39, 0.29) is 6.61 Å². The maximum Gasteiger partial charge on any atom is 0.231 e. The van der Waals surface area contributed by atoms with Crippen molar-refractivity contribution in [2.75, 3.05) is 46.1 Å². The molecule has 1 unspecified atom stereocenters. The number of rotatable bonds is 8. The molecule has 1 N–H and O–H groups in total. The topological polar surface area (TPSA) is 80.4 Å². The third kappa shape index (κ3) is 4.99. The average molecular weight is 494 g/mol. The summed E-state index contributed by atoms with van der Waals surface area (Å²) < 4.78 is 23.2. The highest BCUT2D eigenvalue weighted by atomic mass is 32.1. The lowest BCUT2D eigenvalue weighted by Crippen LogP contribution is -2.48. The number of hydrogen-bond acceptors (Lipinski definition) is 9. The fourth-order valence-corrected chi connectivity index (χ4v) is 5.38. The monoisotopic (exact) mass is 493 g/mol. The van der Waals surface area contributed by atoms with Crippen LogP contribution in [-0.4, -0.2) is 72.3 Å². The van der Waals surface area contributed by atoms with E-state index in [1.165, 1.54) is 5.56 Å². The maximum absolute atomic E-state index is 10.6. The summed E-state index contributed by atoms with van der Waals surface area (Å²) in [5.74, 6) is 2.36. The van der Waals surface area contributed by atoms with Crippen LogP contribution in [0.25, 0.3) is 21.5 Å². The van der Waals surface area contributed by atoms with E-state index in [2.05, 4.69) is 27.1 Å². The second-order valence-corrected chi connectivity index (χ2v) is 9.82. The van der Waals surface area contributed by atoms with Crippen LogP contribution in [0.5, 0.6) is 17.2 Å². The lowest BCUT2D eigenvalue weighted by atomic mass is 10.1. The Morgan fingerprint density at radius 3 is 2.77 bits per heavy atom. The van der Waals surface area contributed by atoms with Gasteiger partial charge in [0.05, 0.1) is 0 Å². The molecule has 0 aliphatic carbocycles. The largest absolute Gasteiger partial charge is 0.491 e. The molecule has 4 aromatic rings. The number of nitrogens with zero attached hydrogens (tertiary/aromatic N) is 3. The molecule has 4 heterocycles. The van der Waals surface area contributed by atoms with E-state index in [1.54, 1.807) is 11.3 Å². The molecule has 6 rings (SSSR count). The minimum absolute atomic E-state index is 0.244. The predicted molar refractivity (Wildman–Crippen MR) is 133 cm³/mol. The lowest BCUT2D eigenvalue weighted by molar-refractivity contribution is 0.0446. The Balaban J connectivity index is 0.971. The quantitative estimate of drug-likeness (QED) is 0.397. The Morgan fingerprint density at radius 1 is 1.00 bits per heavy atom.